The molecule has 1 amide bonds. The van der Waals surface area contributed by atoms with Crippen LogP contribution in [0, 0.1) is 5.92 Å². The standard InChI is InChI=1S/C14H30N2O3/c1-4-5-6-7-8-19-10-12(17)9-16-13(11(2)3)14(15)18/h11-13,16-17H,4-10H2,1-3H3,(H2,15,18). The first-order valence-corrected chi connectivity index (χ1v) is 7.27. The number of carbonyl (C=O) groups excluding carboxylic acids is 1. The molecule has 5 nitrogen and oxygen atoms in total. The molecule has 0 spiro atoms. The monoisotopic (exact) mass is 274 g/mol. The quantitative estimate of drug-likeness (QED) is 0.464. The lowest BCUT2D eigenvalue weighted by molar-refractivity contribution is -0.121. The fraction of sp³-hybridized carbons (Fsp3) is 0.929. The van der Waals surface area contributed by atoms with Crippen LogP contribution >= 0.6 is 0 Å². The van der Waals surface area contributed by atoms with E-state index < -0.39 is 12.1 Å². The Morgan fingerprint density at radius 1 is 1.32 bits per heavy atom. The van der Waals surface area contributed by atoms with Crippen LogP contribution in [0.25, 0.3) is 0 Å². The highest BCUT2D eigenvalue weighted by Crippen LogP contribution is 2.01. The average molecular weight is 274 g/mol. The SMILES string of the molecule is CCCCCCOCC(O)CNC(C(N)=O)C(C)C. The van der Waals surface area contributed by atoms with Gasteiger partial charge in [0, 0.05) is 13.2 Å². The number of nitrogens with one attached hydrogen (secondary N) is 1. The van der Waals surface area contributed by atoms with Crippen LogP contribution < -0.4 is 11.1 Å². The predicted octanol–water partition coefficient (Wildman–Crippen LogP) is 1.04. The molecule has 0 fully saturated rings. The minimum Gasteiger partial charge on any atom is -0.389 e. The Kier molecular flexibility index (Phi) is 10.8. The van der Waals surface area contributed by atoms with Crippen molar-refractivity contribution in [2.24, 2.45) is 11.7 Å². The number of ether oxygens (including phenoxy) is 1. The highest BCUT2D eigenvalue weighted by atomic mass is 16.5. The molecule has 0 heterocycles. The molecule has 0 rings (SSSR count). The summed E-state index contributed by atoms with van der Waals surface area (Å²) in [6.45, 7) is 7.29. The molecule has 0 radical (unpaired) electrons. The maximum absolute atomic E-state index is 11.2. The lowest BCUT2D eigenvalue weighted by Gasteiger charge is -2.21. The van der Waals surface area contributed by atoms with Gasteiger partial charge in [-0.25, -0.2) is 0 Å². The lowest BCUT2D eigenvalue weighted by Crippen LogP contribution is -2.48. The summed E-state index contributed by atoms with van der Waals surface area (Å²) in [5.74, 6) is -0.276. The van der Waals surface area contributed by atoms with Crippen molar-refractivity contribution in [1.29, 1.82) is 0 Å². The van der Waals surface area contributed by atoms with Gasteiger partial charge in [-0.15, -0.1) is 0 Å². The Balaban J connectivity index is 3.62. The van der Waals surface area contributed by atoms with E-state index in [-0.39, 0.29) is 11.8 Å². The number of hydrogen-bond acceptors (Lipinski definition) is 4. The molecule has 0 aliphatic heterocycles. The van der Waals surface area contributed by atoms with Crippen LogP contribution in [0.3, 0.4) is 0 Å². The molecule has 0 aliphatic carbocycles. The molecule has 0 saturated heterocycles. The van der Waals surface area contributed by atoms with Crippen molar-refractivity contribution in [2.45, 2.75) is 58.6 Å². The van der Waals surface area contributed by atoms with Gasteiger partial charge in [0.25, 0.3) is 0 Å². The van der Waals surface area contributed by atoms with E-state index in [0.29, 0.717) is 19.8 Å². The normalized spacial score (nSPS) is 14.6. The number of hydrogen-bond donors (Lipinski definition) is 3. The van der Waals surface area contributed by atoms with Crippen molar-refractivity contribution in [3.8, 4) is 0 Å². The molecule has 0 bridgehead atoms. The van der Waals surface area contributed by atoms with Gasteiger partial charge in [-0.05, 0) is 12.3 Å². The van der Waals surface area contributed by atoms with Gasteiger partial charge in [-0.1, -0.05) is 40.0 Å². The third-order valence-electron chi connectivity index (χ3n) is 3.00. The lowest BCUT2D eigenvalue weighted by atomic mass is 10.0. The summed E-state index contributed by atoms with van der Waals surface area (Å²) in [6, 6.07) is -0.404. The van der Waals surface area contributed by atoms with Gasteiger partial charge in [0.1, 0.15) is 0 Å². The molecular formula is C14H30N2O3. The number of primary amides is 1. The molecule has 19 heavy (non-hydrogen) atoms. The molecule has 0 aromatic rings. The number of carbonyl (C=O) groups is 1. The molecule has 2 unspecified atom stereocenters. The van der Waals surface area contributed by atoms with Crippen molar-refractivity contribution in [2.75, 3.05) is 19.8 Å². The highest BCUT2D eigenvalue weighted by molar-refractivity contribution is 5.80. The third kappa shape index (κ3) is 9.87. The Bertz CT molecular complexity index is 235. The van der Waals surface area contributed by atoms with Gasteiger partial charge in [-0.3, -0.25) is 4.79 Å². The number of aliphatic hydroxyl groups excluding tert-OH is 1. The van der Waals surface area contributed by atoms with Crippen molar-refractivity contribution in [3.05, 3.63) is 0 Å². The maximum atomic E-state index is 11.2. The molecule has 5 heteroatoms. The van der Waals surface area contributed by atoms with E-state index in [2.05, 4.69) is 12.2 Å². The van der Waals surface area contributed by atoms with E-state index in [4.69, 9.17) is 10.5 Å². The van der Waals surface area contributed by atoms with E-state index in [1.54, 1.807) is 0 Å². The second-order valence-electron chi connectivity index (χ2n) is 5.32. The maximum Gasteiger partial charge on any atom is 0.234 e. The third-order valence-corrected chi connectivity index (χ3v) is 3.00. The number of aliphatic hydroxyl groups is 1. The summed E-state index contributed by atoms with van der Waals surface area (Å²) < 4.78 is 5.39. The molecule has 0 aromatic carbocycles. The Labute approximate surface area is 116 Å². The predicted molar refractivity (Wildman–Crippen MR) is 76.8 cm³/mol. The van der Waals surface area contributed by atoms with Crippen LogP contribution in [0.15, 0.2) is 0 Å². The number of unbranched alkanes of at least 4 members (excludes halogenated alkanes) is 3. The molecule has 2 atom stereocenters. The van der Waals surface area contributed by atoms with E-state index in [1.165, 1.54) is 19.3 Å². The topological polar surface area (TPSA) is 84.6 Å². The molecule has 0 saturated carbocycles. The van der Waals surface area contributed by atoms with Gasteiger partial charge in [0.15, 0.2) is 0 Å². The first kappa shape index (κ1) is 18.4. The van der Waals surface area contributed by atoms with Crippen LogP contribution in [-0.2, 0) is 9.53 Å². The summed E-state index contributed by atoms with van der Waals surface area (Å²) in [7, 11) is 0. The van der Waals surface area contributed by atoms with Crippen molar-refractivity contribution in [3.63, 3.8) is 0 Å². The summed E-state index contributed by atoms with van der Waals surface area (Å²) in [4.78, 5) is 11.2. The zero-order chi connectivity index (χ0) is 14.7. The first-order chi connectivity index (χ1) is 8.99. The average Bonchev–Trinajstić information content (AvgIpc) is 2.33. The molecule has 0 aliphatic rings. The van der Waals surface area contributed by atoms with Gasteiger partial charge in [-0.2, -0.15) is 0 Å². The van der Waals surface area contributed by atoms with Crippen LogP contribution in [0.2, 0.25) is 0 Å². The molecule has 114 valence electrons. The summed E-state index contributed by atoms with van der Waals surface area (Å²) >= 11 is 0. The smallest absolute Gasteiger partial charge is 0.234 e. The van der Waals surface area contributed by atoms with Gasteiger partial charge in [0.2, 0.25) is 5.91 Å². The zero-order valence-corrected chi connectivity index (χ0v) is 12.5. The van der Waals surface area contributed by atoms with Crippen LogP contribution in [0.1, 0.15) is 46.5 Å². The fourth-order valence-electron chi connectivity index (χ4n) is 1.84. The van der Waals surface area contributed by atoms with Crippen LogP contribution in [0.5, 0.6) is 0 Å². The Morgan fingerprint density at radius 3 is 2.53 bits per heavy atom. The van der Waals surface area contributed by atoms with E-state index >= 15 is 0 Å². The van der Waals surface area contributed by atoms with Crippen molar-refractivity contribution in [1.82, 2.24) is 5.32 Å². The minimum atomic E-state index is -0.605. The number of amides is 1. The summed E-state index contributed by atoms with van der Waals surface area (Å²) in [5, 5.41) is 12.7. The Morgan fingerprint density at radius 2 is 2.00 bits per heavy atom. The van der Waals surface area contributed by atoms with Gasteiger partial charge < -0.3 is 20.9 Å². The van der Waals surface area contributed by atoms with Crippen molar-refractivity contribution >= 4 is 5.91 Å². The summed E-state index contributed by atoms with van der Waals surface area (Å²) in [5.41, 5.74) is 5.28. The van der Waals surface area contributed by atoms with Gasteiger partial charge >= 0.3 is 0 Å². The number of nitrogens with two attached hydrogens (primary N) is 1. The van der Waals surface area contributed by atoms with Crippen molar-refractivity contribution < 1.29 is 14.6 Å². The largest absolute Gasteiger partial charge is 0.389 e. The van der Waals surface area contributed by atoms with Crippen LogP contribution in [-0.4, -0.2) is 42.9 Å². The van der Waals surface area contributed by atoms with E-state index in [1.807, 2.05) is 13.8 Å². The number of rotatable bonds is 12. The van der Waals surface area contributed by atoms with E-state index in [9.17, 15) is 9.90 Å². The van der Waals surface area contributed by atoms with Gasteiger partial charge in [0.05, 0.1) is 18.8 Å². The molecule has 0 aromatic heterocycles. The van der Waals surface area contributed by atoms with E-state index in [0.717, 1.165) is 6.42 Å². The molecule has 4 N–H and O–H groups in total. The summed E-state index contributed by atoms with van der Waals surface area (Å²) in [6.07, 6.45) is 4.02. The molecular weight excluding hydrogens is 244 g/mol. The second kappa shape index (κ2) is 11.2. The fourth-order valence-corrected chi connectivity index (χ4v) is 1.84. The Hall–Kier alpha value is -0.650. The minimum absolute atomic E-state index is 0.111. The second-order valence-corrected chi connectivity index (χ2v) is 5.32. The highest BCUT2D eigenvalue weighted by Gasteiger charge is 2.19. The first-order valence-electron chi connectivity index (χ1n) is 7.27. The zero-order valence-electron chi connectivity index (χ0n) is 12.5. The van der Waals surface area contributed by atoms with Crippen LogP contribution in [0.4, 0.5) is 0 Å².